The van der Waals surface area contributed by atoms with Gasteiger partial charge in [0.15, 0.2) is 5.58 Å². The van der Waals surface area contributed by atoms with Crippen molar-refractivity contribution in [3.63, 3.8) is 0 Å². The first-order valence-electron chi connectivity index (χ1n) is 4.73. The number of benzene rings is 1. The van der Waals surface area contributed by atoms with Crippen LogP contribution in [-0.2, 0) is 6.54 Å². The van der Waals surface area contributed by atoms with E-state index in [4.69, 9.17) is 4.42 Å². The van der Waals surface area contributed by atoms with Crippen molar-refractivity contribution in [2.24, 2.45) is 0 Å². The number of oxazole rings is 1. The molecule has 15 heavy (non-hydrogen) atoms. The van der Waals surface area contributed by atoms with Crippen LogP contribution in [0.5, 0.6) is 0 Å². The molecule has 0 spiro atoms. The Morgan fingerprint density at radius 2 is 2.33 bits per heavy atom. The van der Waals surface area contributed by atoms with E-state index >= 15 is 0 Å². The number of fused-ring (bicyclic) bond motifs is 1. The van der Waals surface area contributed by atoms with Gasteiger partial charge in [-0.05, 0) is 17.7 Å². The smallest absolute Gasteiger partial charge is 0.408 e. The number of rotatable bonds is 4. The molecule has 0 radical (unpaired) electrons. The number of nitrogens with one attached hydrogen (secondary N) is 2. The summed E-state index contributed by atoms with van der Waals surface area (Å²) in [7, 11) is 0. The third-order valence-corrected chi connectivity index (χ3v) is 2.32. The fourth-order valence-corrected chi connectivity index (χ4v) is 1.58. The standard InChI is InChI=1S/C10H12N2O2S/c13-10-12-8-5-7(6-11-3-4-15)1-2-9(8)14-10/h1-2,5,11,15H,3-4,6H2,(H,12,13). The van der Waals surface area contributed by atoms with Gasteiger partial charge in [-0.3, -0.25) is 4.98 Å². The maximum atomic E-state index is 10.9. The third kappa shape index (κ3) is 2.43. The largest absolute Gasteiger partial charge is 0.417 e. The van der Waals surface area contributed by atoms with Crippen molar-refractivity contribution in [3.8, 4) is 0 Å². The molecule has 5 heteroatoms. The van der Waals surface area contributed by atoms with E-state index in [1.807, 2.05) is 12.1 Å². The van der Waals surface area contributed by atoms with Gasteiger partial charge >= 0.3 is 5.76 Å². The summed E-state index contributed by atoms with van der Waals surface area (Å²) in [5.74, 6) is 0.399. The van der Waals surface area contributed by atoms with E-state index in [1.54, 1.807) is 6.07 Å². The highest BCUT2D eigenvalue weighted by Gasteiger charge is 2.01. The molecule has 1 aromatic heterocycles. The van der Waals surface area contributed by atoms with Gasteiger partial charge in [0, 0.05) is 18.8 Å². The molecule has 0 aliphatic rings. The van der Waals surface area contributed by atoms with Gasteiger partial charge in [0.2, 0.25) is 0 Å². The van der Waals surface area contributed by atoms with Gasteiger partial charge in [-0.1, -0.05) is 6.07 Å². The molecule has 0 aliphatic heterocycles. The number of hydrogen-bond acceptors (Lipinski definition) is 4. The highest BCUT2D eigenvalue weighted by molar-refractivity contribution is 7.80. The molecule has 0 unspecified atom stereocenters. The second-order valence-corrected chi connectivity index (χ2v) is 3.69. The molecule has 2 rings (SSSR count). The zero-order valence-electron chi connectivity index (χ0n) is 8.12. The molecule has 1 aromatic carbocycles. The van der Waals surface area contributed by atoms with E-state index in [0.29, 0.717) is 5.58 Å². The van der Waals surface area contributed by atoms with E-state index in [1.165, 1.54) is 0 Å². The lowest BCUT2D eigenvalue weighted by atomic mass is 10.2. The summed E-state index contributed by atoms with van der Waals surface area (Å²) in [6.45, 7) is 1.63. The minimum Gasteiger partial charge on any atom is -0.408 e. The van der Waals surface area contributed by atoms with Crippen molar-refractivity contribution >= 4 is 23.7 Å². The highest BCUT2D eigenvalue weighted by atomic mass is 32.1. The monoisotopic (exact) mass is 224 g/mol. The van der Waals surface area contributed by atoms with Crippen molar-refractivity contribution in [1.29, 1.82) is 0 Å². The SMILES string of the molecule is O=c1[nH]c2cc(CNCCS)ccc2o1. The molecule has 80 valence electrons. The predicted octanol–water partition coefficient (Wildman–Crippen LogP) is 1.14. The van der Waals surface area contributed by atoms with Crippen molar-refractivity contribution in [2.75, 3.05) is 12.3 Å². The molecule has 0 fully saturated rings. The van der Waals surface area contributed by atoms with Crippen LogP contribution >= 0.6 is 12.6 Å². The lowest BCUT2D eigenvalue weighted by Crippen LogP contribution is -2.15. The Labute approximate surface area is 92.1 Å². The summed E-state index contributed by atoms with van der Waals surface area (Å²) in [4.78, 5) is 13.5. The second-order valence-electron chi connectivity index (χ2n) is 3.25. The van der Waals surface area contributed by atoms with Gasteiger partial charge < -0.3 is 9.73 Å². The van der Waals surface area contributed by atoms with Crippen LogP contribution in [0.4, 0.5) is 0 Å². The molecule has 0 bridgehead atoms. The van der Waals surface area contributed by atoms with Crippen LogP contribution in [0.1, 0.15) is 5.56 Å². The number of H-pyrrole nitrogens is 1. The Bertz CT molecular complexity index is 503. The summed E-state index contributed by atoms with van der Waals surface area (Å²) in [5.41, 5.74) is 2.45. The Morgan fingerprint density at radius 3 is 3.13 bits per heavy atom. The van der Waals surface area contributed by atoms with Crippen molar-refractivity contribution in [2.45, 2.75) is 6.54 Å². The zero-order valence-corrected chi connectivity index (χ0v) is 9.01. The van der Waals surface area contributed by atoms with Crippen molar-refractivity contribution in [1.82, 2.24) is 10.3 Å². The zero-order chi connectivity index (χ0) is 10.7. The quantitative estimate of drug-likeness (QED) is 0.539. The molecule has 2 aromatic rings. The fourth-order valence-electron chi connectivity index (χ4n) is 1.42. The van der Waals surface area contributed by atoms with Crippen LogP contribution in [0.2, 0.25) is 0 Å². The van der Waals surface area contributed by atoms with E-state index in [-0.39, 0.29) is 0 Å². The summed E-state index contributed by atoms with van der Waals surface area (Å²) < 4.78 is 4.90. The Kier molecular flexibility index (Phi) is 3.13. The highest BCUT2D eigenvalue weighted by Crippen LogP contribution is 2.11. The lowest BCUT2D eigenvalue weighted by molar-refractivity contribution is 0.555. The number of aromatic amines is 1. The topological polar surface area (TPSA) is 58.0 Å². The Balaban J connectivity index is 2.19. The number of aromatic nitrogens is 1. The lowest BCUT2D eigenvalue weighted by Gasteiger charge is -2.02. The average molecular weight is 224 g/mol. The van der Waals surface area contributed by atoms with Gasteiger partial charge in [0.1, 0.15) is 0 Å². The molecule has 0 aliphatic carbocycles. The molecule has 0 atom stereocenters. The molecule has 1 heterocycles. The normalized spacial score (nSPS) is 11.0. The molecular weight excluding hydrogens is 212 g/mol. The summed E-state index contributed by atoms with van der Waals surface area (Å²) >= 11 is 4.10. The predicted molar refractivity (Wildman–Crippen MR) is 62.4 cm³/mol. The summed E-state index contributed by atoms with van der Waals surface area (Å²) in [6.07, 6.45) is 0. The van der Waals surface area contributed by atoms with E-state index in [0.717, 1.165) is 29.9 Å². The molecule has 4 nitrogen and oxygen atoms in total. The van der Waals surface area contributed by atoms with E-state index in [9.17, 15) is 4.79 Å². The maximum absolute atomic E-state index is 10.9. The van der Waals surface area contributed by atoms with Gasteiger partial charge in [-0.15, -0.1) is 0 Å². The number of thiol groups is 1. The number of hydrogen-bond donors (Lipinski definition) is 3. The molecule has 2 N–H and O–H groups in total. The Morgan fingerprint density at radius 1 is 1.47 bits per heavy atom. The van der Waals surface area contributed by atoms with Gasteiger partial charge in [-0.2, -0.15) is 12.6 Å². The van der Waals surface area contributed by atoms with Crippen LogP contribution in [-0.4, -0.2) is 17.3 Å². The van der Waals surface area contributed by atoms with Gasteiger partial charge in [0.05, 0.1) is 5.52 Å². The van der Waals surface area contributed by atoms with Crippen molar-refractivity contribution in [3.05, 3.63) is 34.3 Å². The van der Waals surface area contributed by atoms with Gasteiger partial charge in [-0.25, -0.2) is 4.79 Å². The van der Waals surface area contributed by atoms with Crippen LogP contribution in [0.3, 0.4) is 0 Å². The van der Waals surface area contributed by atoms with Crippen molar-refractivity contribution < 1.29 is 4.42 Å². The first kappa shape index (κ1) is 10.3. The fraction of sp³-hybridized carbons (Fsp3) is 0.300. The van der Waals surface area contributed by atoms with Crippen LogP contribution in [0.25, 0.3) is 11.1 Å². The minimum absolute atomic E-state index is 0.412. The Hall–Kier alpha value is -1.20. The summed E-state index contributed by atoms with van der Waals surface area (Å²) in [6, 6.07) is 5.64. The first-order valence-corrected chi connectivity index (χ1v) is 5.36. The average Bonchev–Trinajstić information content (AvgIpc) is 2.57. The molecule has 0 saturated carbocycles. The molecular formula is C10H12N2O2S. The third-order valence-electron chi connectivity index (χ3n) is 2.10. The van der Waals surface area contributed by atoms with Gasteiger partial charge in [0.25, 0.3) is 0 Å². The minimum atomic E-state index is -0.412. The van der Waals surface area contributed by atoms with Crippen LogP contribution < -0.4 is 11.1 Å². The first-order chi connectivity index (χ1) is 7.29. The van der Waals surface area contributed by atoms with Crippen LogP contribution in [0, 0.1) is 0 Å². The summed E-state index contributed by atoms with van der Waals surface area (Å²) in [5, 5.41) is 3.22. The van der Waals surface area contributed by atoms with E-state index < -0.39 is 5.76 Å². The maximum Gasteiger partial charge on any atom is 0.417 e. The second kappa shape index (κ2) is 4.55. The van der Waals surface area contributed by atoms with E-state index in [2.05, 4.69) is 22.9 Å². The molecule has 0 amide bonds. The van der Waals surface area contributed by atoms with Crippen LogP contribution in [0.15, 0.2) is 27.4 Å². The molecule has 0 saturated heterocycles.